The van der Waals surface area contributed by atoms with Gasteiger partial charge in [-0.3, -0.25) is 4.79 Å². The van der Waals surface area contributed by atoms with E-state index in [0.717, 1.165) is 25.7 Å². The first kappa shape index (κ1) is 20.1. The van der Waals surface area contributed by atoms with Crippen molar-refractivity contribution in [1.29, 1.82) is 0 Å². The molecule has 1 rings (SSSR count). The molecule has 0 radical (unpaired) electrons. The SMILES string of the molecule is Cl.NCCCCCCC(=O)Nc1ccccc1SC(F)F. The lowest BCUT2D eigenvalue weighted by molar-refractivity contribution is -0.116. The van der Waals surface area contributed by atoms with Gasteiger partial charge < -0.3 is 11.1 Å². The van der Waals surface area contributed by atoms with Gasteiger partial charge in [0.05, 0.1) is 5.69 Å². The number of thioether (sulfide) groups is 1. The number of para-hydroxylation sites is 1. The second-order valence-electron chi connectivity index (χ2n) is 4.38. The second kappa shape index (κ2) is 11.8. The van der Waals surface area contributed by atoms with Crippen molar-refractivity contribution in [3.05, 3.63) is 24.3 Å². The van der Waals surface area contributed by atoms with Crippen LogP contribution in [0, 0.1) is 0 Å². The molecule has 0 aliphatic heterocycles. The van der Waals surface area contributed by atoms with Gasteiger partial charge >= 0.3 is 0 Å². The van der Waals surface area contributed by atoms with Gasteiger partial charge in [-0.05, 0) is 31.5 Å². The summed E-state index contributed by atoms with van der Waals surface area (Å²) in [6, 6.07) is 6.60. The number of carbonyl (C=O) groups excluding carboxylic acids is 1. The fourth-order valence-electron chi connectivity index (χ4n) is 1.76. The number of nitrogens with two attached hydrogens (primary N) is 1. The van der Waals surface area contributed by atoms with E-state index in [1.165, 1.54) is 0 Å². The molecule has 1 aromatic carbocycles. The molecule has 0 fully saturated rings. The molecule has 0 saturated heterocycles. The average molecular weight is 339 g/mol. The highest BCUT2D eigenvalue weighted by Crippen LogP contribution is 2.31. The summed E-state index contributed by atoms with van der Waals surface area (Å²) in [5.74, 6) is -2.63. The molecule has 0 unspecified atom stereocenters. The van der Waals surface area contributed by atoms with Gasteiger partial charge in [0, 0.05) is 11.3 Å². The molecule has 1 aromatic rings. The van der Waals surface area contributed by atoms with E-state index < -0.39 is 5.76 Å². The second-order valence-corrected chi connectivity index (χ2v) is 5.41. The fourth-order valence-corrected chi connectivity index (χ4v) is 2.36. The van der Waals surface area contributed by atoms with Crippen molar-refractivity contribution in [2.45, 2.75) is 42.8 Å². The van der Waals surface area contributed by atoms with Crippen molar-refractivity contribution < 1.29 is 13.6 Å². The summed E-state index contributed by atoms with van der Waals surface area (Å²) < 4.78 is 24.8. The van der Waals surface area contributed by atoms with Gasteiger partial charge in [-0.15, -0.1) is 12.4 Å². The third-order valence-corrected chi connectivity index (χ3v) is 3.52. The Balaban J connectivity index is 0.00000400. The summed E-state index contributed by atoms with van der Waals surface area (Å²) in [6.45, 7) is 0.671. The highest BCUT2D eigenvalue weighted by molar-refractivity contribution is 7.99. The number of hydrogen-bond donors (Lipinski definition) is 2. The van der Waals surface area contributed by atoms with Gasteiger partial charge in [0.15, 0.2) is 0 Å². The van der Waals surface area contributed by atoms with E-state index in [1.807, 2.05) is 0 Å². The highest BCUT2D eigenvalue weighted by atomic mass is 35.5. The molecule has 7 heteroatoms. The lowest BCUT2D eigenvalue weighted by atomic mass is 10.1. The Labute approximate surface area is 134 Å². The molecule has 0 aromatic heterocycles. The Hall–Kier alpha value is -0.850. The van der Waals surface area contributed by atoms with Crippen molar-refractivity contribution in [2.75, 3.05) is 11.9 Å². The zero-order chi connectivity index (χ0) is 14.8. The number of unbranched alkanes of at least 4 members (excludes halogenated alkanes) is 3. The summed E-state index contributed by atoms with van der Waals surface area (Å²) in [5.41, 5.74) is 5.84. The van der Waals surface area contributed by atoms with E-state index in [9.17, 15) is 13.6 Å². The van der Waals surface area contributed by atoms with Crippen LogP contribution in [0.4, 0.5) is 14.5 Å². The molecule has 3 nitrogen and oxygen atoms in total. The highest BCUT2D eigenvalue weighted by Gasteiger charge is 2.11. The zero-order valence-corrected chi connectivity index (χ0v) is 13.3. The fraction of sp³-hybridized carbons (Fsp3) is 0.500. The lowest BCUT2D eigenvalue weighted by Gasteiger charge is -2.10. The van der Waals surface area contributed by atoms with Gasteiger partial charge in [-0.2, -0.15) is 8.78 Å². The predicted molar refractivity (Wildman–Crippen MR) is 86.3 cm³/mol. The van der Waals surface area contributed by atoms with Crippen LogP contribution in [0.2, 0.25) is 0 Å². The molecule has 21 heavy (non-hydrogen) atoms. The molecular weight excluding hydrogens is 318 g/mol. The van der Waals surface area contributed by atoms with Crippen LogP contribution in [-0.2, 0) is 4.79 Å². The Kier molecular flexibility index (Phi) is 11.3. The molecule has 0 atom stereocenters. The van der Waals surface area contributed by atoms with Gasteiger partial charge in [0.25, 0.3) is 5.76 Å². The first-order chi connectivity index (χ1) is 9.63. The maximum absolute atomic E-state index is 12.4. The molecule has 0 saturated carbocycles. The third-order valence-electron chi connectivity index (χ3n) is 2.74. The van der Waals surface area contributed by atoms with Crippen LogP contribution < -0.4 is 11.1 Å². The number of nitrogens with one attached hydrogen (secondary N) is 1. The van der Waals surface area contributed by atoms with Crippen LogP contribution in [0.3, 0.4) is 0 Å². The van der Waals surface area contributed by atoms with Crippen LogP contribution in [0.1, 0.15) is 32.1 Å². The molecule has 0 spiro atoms. The van der Waals surface area contributed by atoms with Gasteiger partial charge in [-0.25, -0.2) is 0 Å². The normalized spacial score (nSPS) is 10.3. The first-order valence-corrected chi connectivity index (χ1v) is 7.55. The molecular formula is C14H21ClF2N2OS. The van der Waals surface area contributed by atoms with Gasteiger partial charge in [0.1, 0.15) is 0 Å². The standard InChI is InChI=1S/C14H20F2N2OS.ClH/c15-14(16)20-12-8-5-4-7-11(12)18-13(19)9-3-1-2-6-10-17;/h4-5,7-8,14H,1-3,6,9-10,17H2,(H,18,19);1H. The number of rotatable bonds is 9. The number of amides is 1. The number of alkyl halides is 2. The minimum atomic E-state index is -2.50. The smallest absolute Gasteiger partial charge is 0.288 e. The monoisotopic (exact) mass is 338 g/mol. The maximum atomic E-state index is 12.4. The molecule has 1 amide bonds. The van der Waals surface area contributed by atoms with E-state index in [1.54, 1.807) is 24.3 Å². The number of hydrogen-bond acceptors (Lipinski definition) is 3. The average Bonchev–Trinajstić information content (AvgIpc) is 2.40. The number of halogens is 3. The molecule has 3 N–H and O–H groups in total. The molecule has 0 aliphatic carbocycles. The minimum absolute atomic E-state index is 0. The summed E-state index contributed by atoms with van der Waals surface area (Å²) in [4.78, 5) is 12.1. The van der Waals surface area contributed by atoms with E-state index >= 15 is 0 Å². The Bertz CT molecular complexity index is 422. The molecule has 0 bridgehead atoms. The molecule has 120 valence electrons. The number of benzene rings is 1. The van der Waals surface area contributed by atoms with Crippen molar-refractivity contribution in [1.82, 2.24) is 0 Å². The van der Waals surface area contributed by atoms with Crippen LogP contribution >= 0.6 is 24.2 Å². The van der Waals surface area contributed by atoms with Crippen LogP contribution in [0.5, 0.6) is 0 Å². The summed E-state index contributed by atoms with van der Waals surface area (Å²) in [5, 5.41) is 2.69. The van der Waals surface area contributed by atoms with Gasteiger partial charge in [-0.1, -0.05) is 36.7 Å². The minimum Gasteiger partial charge on any atom is -0.330 e. The van der Waals surface area contributed by atoms with Crippen LogP contribution in [0.25, 0.3) is 0 Å². The van der Waals surface area contributed by atoms with E-state index in [0.29, 0.717) is 35.3 Å². The quantitative estimate of drug-likeness (QED) is 0.522. The van der Waals surface area contributed by atoms with Crippen molar-refractivity contribution in [2.24, 2.45) is 5.73 Å². The largest absolute Gasteiger partial charge is 0.330 e. The summed E-state index contributed by atoms with van der Waals surface area (Å²) >= 11 is 0.440. The van der Waals surface area contributed by atoms with Gasteiger partial charge in [0.2, 0.25) is 5.91 Å². The van der Waals surface area contributed by atoms with E-state index in [4.69, 9.17) is 5.73 Å². The Morgan fingerprint density at radius 1 is 1.19 bits per heavy atom. The summed E-state index contributed by atoms with van der Waals surface area (Å²) in [6.07, 6.45) is 4.13. The lowest BCUT2D eigenvalue weighted by Crippen LogP contribution is -2.12. The molecule has 0 aliphatic rings. The molecule has 0 heterocycles. The zero-order valence-electron chi connectivity index (χ0n) is 11.7. The maximum Gasteiger partial charge on any atom is 0.288 e. The Morgan fingerprint density at radius 3 is 2.52 bits per heavy atom. The van der Waals surface area contributed by atoms with Crippen molar-refractivity contribution in [3.8, 4) is 0 Å². The van der Waals surface area contributed by atoms with Crippen LogP contribution in [-0.4, -0.2) is 18.2 Å². The van der Waals surface area contributed by atoms with E-state index in [-0.39, 0.29) is 18.3 Å². The summed E-state index contributed by atoms with van der Waals surface area (Å²) in [7, 11) is 0. The van der Waals surface area contributed by atoms with Crippen molar-refractivity contribution >= 4 is 35.8 Å². The topological polar surface area (TPSA) is 55.1 Å². The number of anilines is 1. The number of carbonyl (C=O) groups is 1. The third kappa shape index (κ3) is 8.90. The predicted octanol–water partition coefficient (Wildman–Crippen LogP) is 4.27. The van der Waals surface area contributed by atoms with E-state index in [2.05, 4.69) is 5.32 Å². The van der Waals surface area contributed by atoms with Crippen molar-refractivity contribution in [3.63, 3.8) is 0 Å². The first-order valence-electron chi connectivity index (χ1n) is 6.67. The Morgan fingerprint density at radius 2 is 1.86 bits per heavy atom. The van der Waals surface area contributed by atoms with Crippen LogP contribution in [0.15, 0.2) is 29.2 Å².